The molecule has 0 saturated heterocycles. The Bertz CT molecular complexity index is 971. The average molecular weight is 345 g/mol. The van der Waals surface area contributed by atoms with Crippen LogP contribution in [0.2, 0.25) is 0 Å². The summed E-state index contributed by atoms with van der Waals surface area (Å²) in [4.78, 5) is 27.7. The molecule has 3 heterocycles. The van der Waals surface area contributed by atoms with Gasteiger partial charge in [0.1, 0.15) is 0 Å². The SMILES string of the molecule is Cc1c(C(=O)N2CCc3cnc(N)nc3C2)cccc1-c1ccccn1. The molecule has 0 saturated carbocycles. The quantitative estimate of drug-likeness (QED) is 0.772. The molecule has 1 amide bonds. The fourth-order valence-corrected chi connectivity index (χ4v) is 3.33. The Morgan fingerprint density at radius 1 is 1.15 bits per heavy atom. The van der Waals surface area contributed by atoms with Crippen molar-refractivity contribution >= 4 is 11.9 Å². The van der Waals surface area contributed by atoms with Gasteiger partial charge in [0.05, 0.1) is 17.9 Å². The first-order valence-electron chi connectivity index (χ1n) is 8.54. The van der Waals surface area contributed by atoms with Gasteiger partial charge >= 0.3 is 0 Å². The van der Waals surface area contributed by atoms with Crippen LogP contribution in [0.15, 0.2) is 48.8 Å². The largest absolute Gasteiger partial charge is 0.368 e. The normalized spacial score (nSPS) is 13.3. The van der Waals surface area contributed by atoms with Crippen LogP contribution in [0.5, 0.6) is 0 Å². The summed E-state index contributed by atoms with van der Waals surface area (Å²) in [5.74, 6) is 0.245. The van der Waals surface area contributed by atoms with Crippen LogP contribution in [0.4, 0.5) is 5.95 Å². The molecule has 26 heavy (non-hydrogen) atoms. The lowest BCUT2D eigenvalue weighted by Crippen LogP contribution is -2.37. The lowest BCUT2D eigenvalue weighted by molar-refractivity contribution is 0.0731. The van der Waals surface area contributed by atoms with Crippen LogP contribution in [-0.4, -0.2) is 32.3 Å². The number of nitrogens with zero attached hydrogens (tertiary/aromatic N) is 4. The second-order valence-electron chi connectivity index (χ2n) is 6.37. The van der Waals surface area contributed by atoms with Gasteiger partial charge in [-0.1, -0.05) is 18.2 Å². The van der Waals surface area contributed by atoms with E-state index in [2.05, 4.69) is 15.0 Å². The first-order chi connectivity index (χ1) is 12.6. The fraction of sp³-hybridized carbons (Fsp3) is 0.200. The van der Waals surface area contributed by atoms with Gasteiger partial charge < -0.3 is 10.6 Å². The lowest BCUT2D eigenvalue weighted by atomic mass is 9.97. The number of nitrogen functional groups attached to an aromatic ring is 1. The Kier molecular flexibility index (Phi) is 4.08. The highest BCUT2D eigenvalue weighted by Crippen LogP contribution is 2.26. The second kappa shape index (κ2) is 6.55. The average Bonchev–Trinajstić information content (AvgIpc) is 2.67. The number of rotatable bonds is 2. The highest BCUT2D eigenvalue weighted by atomic mass is 16.2. The number of aromatic nitrogens is 3. The first kappa shape index (κ1) is 16.2. The summed E-state index contributed by atoms with van der Waals surface area (Å²) in [6.07, 6.45) is 4.25. The maximum atomic E-state index is 13.1. The molecule has 1 aliphatic heterocycles. The van der Waals surface area contributed by atoms with Crippen molar-refractivity contribution in [3.63, 3.8) is 0 Å². The Morgan fingerprint density at radius 3 is 2.85 bits per heavy atom. The van der Waals surface area contributed by atoms with Crippen molar-refractivity contribution in [1.29, 1.82) is 0 Å². The molecule has 0 fully saturated rings. The summed E-state index contributed by atoms with van der Waals surface area (Å²) in [6, 6.07) is 11.5. The maximum absolute atomic E-state index is 13.1. The second-order valence-corrected chi connectivity index (χ2v) is 6.37. The number of carbonyl (C=O) groups excluding carboxylic acids is 1. The first-order valence-corrected chi connectivity index (χ1v) is 8.54. The van der Waals surface area contributed by atoms with Gasteiger partial charge in [0.25, 0.3) is 5.91 Å². The van der Waals surface area contributed by atoms with Crippen molar-refractivity contribution in [2.75, 3.05) is 12.3 Å². The number of nitrogens with two attached hydrogens (primary N) is 1. The van der Waals surface area contributed by atoms with Crippen molar-refractivity contribution in [2.24, 2.45) is 0 Å². The molecule has 0 aliphatic carbocycles. The number of carbonyl (C=O) groups is 1. The number of anilines is 1. The molecule has 0 spiro atoms. The van der Waals surface area contributed by atoms with E-state index in [0.29, 0.717) is 18.7 Å². The molecule has 3 aromatic rings. The smallest absolute Gasteiger partial charge is 0.254 e. The van der Waals surface area contributed by atoms with Crippen LogP contribution >= 0.6 is 0 Å². The van der Waals surface area contributed by atoms with Gasteiger partial charge in [-0.15, -0.1) is 0 Å². The van der Waals surface area contributed by atoms with Crippen molar-refractivity contribution in [2.45, 2.75) is 19.9 Å². The summed E-state index contributed by atoms with van der Waals surface area (Å²) in [7, 11) is 0. The molecule has 2 aromatic heterocycles. The van der Waals surface area contributed by atoms with Crippen LogP contribution < -0.4 is 5.73 Å². The molecular weight excluding hydrogens is 326 g/mol. The molecule has 1 aliphatic rings. The fourth-order valence-electron chi connectivity index (χ4n) is 3.33. The number of hydrogen-bond donors (Lipinski definition) is 1. The number of pyridine rings is 1. The van der Waals surface area contributed by atoms with Gasteiger partial charge in [0.15, 0.2) is 0 Å². The third-order valence-corrected chi connectivity index (χ3v) is 4.76. The van der Waals surface area contributed by atoms with E-state index in [9.17, 15) is 4.79 Å². The molecule has 0 bridgehead atoms. The van der Waals surface area contributed by atoms with Gasteiger partial charge in [0.2, 0.25) is 5.95 Å². The van der Waals surface area contributed by atoms with E-state index in [0.717, 1.165) is 34.5 Å². The lowest BCUT2D eigenvalue weighted by Gasteiger charge is -2.28. The van der Waals surface area contributed by atoms with Gasteiger partial charge in [-0.05, 0) is 42.7 Å². The van der Waals surface area contributed by atoms with E-state index in [1.165, 1.54) is 0 Å². The van der Waals surface area contributed by atoms with E-state index in [4.69, 9.17) is 5.73 Å². The molecule has 4 rings (SSSR count). The summed E-state index contributed by atoms with van der Waals surface area (Å²) >= 11 is 0. The zero-order valence-corrected chi connectivity index (χ0v) is 14.5. The minimum Gasteiger partial charge on any atom is -0.368 e. The third kappa shape index (κ3) is 2.90. The molecule has 6 nitrogen and oxygen atoms in total. The van der Waals surface area contributed by atoms with Crippen molar-refractivity contribution in [3.05, 3.63) is 71.2 Å². The molecule has 130 valence electrons. The van der Waals surface area contributed by atoms with Crippen LogP contribution in [0.3, 0.4) is 0 Å². The Morgan fingerprint density at radius 2 is 2.04 bits per heavy atom. The molecule has 1 aromatic carbocycles. The summed E-state index contributed by atoms with van der Waals surface area (Å²) in [5.41, 5.74) is 11.0. The maximum Gasteiger partial charge on any atom is 0.254 e. The minimum atomic E-state index is 0.00288. The van der Waals surface area contributed by atoms with E-state index in [1.54, 1.807) is 12.4 Å². The number of benzene rings is 1. The van der Waals surface area contributed by atoms with Gasteiger partial charge in [0, 0.05) is 30.1 Å². The van der Waals surface area contributed by atoms with Crippen LogP contribution in [-0.2, 0) is 13.0 Å². The van der Waals surface area contributed by atoms with Crippen molar-refractivity contribution in [1.82, 2.24) is 19.9 Å². The Labute approximate surface area is 151 Å². The molecule has 2 N–H and O–H groups in total. The molecule has 0 atom stereocenters. The third-order valence-electron chi connectivity index (χ3n) is 4.76. The van der Waals surface area contributed by atoms with E-state index in [-0.39, 0.29) is 11.9 Å². The monoisotopic (exact) mass is 345 g/mol. The zero-order valence-electron chi connectivity index (χ0n) is 14.5. The number of amides is 1. The van der Waals surface area contributed by atoms with Gasteiger partial charge in [-0.3, -0.25) is 9.78 Å². The summed E-state index contributed by atoms with van der Waals surface area (Å²) < 4.78 is 0. The summed E-state index contributed by atoms with van der Waals surface area (Å²) in [6.45, 7) is 3.07. The Balaban J connectivity index is 1.65. The van der Waals surface area contributed by atoms with Crippen LogP contribution in [0.1, 0.15) is 27.2 Å². The van der Waals surface area contributed by atoms with E-state index in [1.807, 2.05) is 48.2 Å². The highest BCUT2D eigenvalue weighted by Gasteiger charge is 2.25. The zero-order chi connectivity index (χ0) is 18.1. The van der Waals surface area contributed by atoms with Crippen molar-refractivity contribution in [3.8, 4) is 11.3 Å². The standard InChI is InChI=1S/C20H19N5O/c1-13-15(17-7-2-3-9-22-17)5-4-6-16(13)19(26)25-10-8-14-11-23-20(21)24-18(14)12-25/h2-7,9,11H,8,10,12H2,1H3,(H2,21,23,24). The van der Waals surface area contributed by atoms with Crippen LogP contribution in [0.25, 0.3) is 11.3 Å². The van der Waals surface area contributed by atoms with Gasteiger partial charge in [-0.25, -0.2) is 9.97 Å². The topological polar surface area (TPSA) is 85.0 Å². The van der Waals surface area contributed by atoms with Crippen molar-refractivity contribution < 1.29 is 4.79 Å². The Hall–Kier alpha value is -3.28. The molecule has 6 heteroatoms. The minimum absolute atomic E-state index is 0.00288. The van der Waals surface area contributed by atoms with E-state index < -0.39 is 0 Å². The number of fused-ring (bicyclic) bond motifs is 1. The highest BCUT2D eigenvalue weighted by molar-refractivity contribution is 5.97. The predicted molar refractivity (Wildman–Crippen MR) is 99.3 cm³/mol. The predicted octanol–water partition coefficient (Wildman–Crippen LogP) is 2.63. The van der Waals surface area contributed by atoms with Gasteiger partial charge in [-0.2, -0.15) is 0 Å². The molecular formula is C20H19N5O. The van der Waals surface area contributed by atoms with Crippen LogP contribution in [0, 0.1) is 6.92 Å². The molecule has 0 radical (unpaired) electrons. The van der Waals surface area contributed by atoms with E-state index >= 15 is 0 Å². The number of hydrogen-bond acceptors (Lipinski definition) is 5. The summed E-state index contributed by atoms with van der Waals surface area (Å²) in [5, 5.41) is 0. The molecule has 0 unspecified atom stereocenters.